The van der Waals surface area contributed by atoms with Crippen molar-refractivity contribution in [3.63, 3.8) is 0 Å². The normalized spacial score (nSPS) is 15.1. The van der Waals surface area contributed by atoms with Gasteiger partial charge in [0.15, 0.2) is 17.5 Å². The van der Waals surface area contributed by atoms with E-state index in [4.69, 9.17) is 9.47 Å². The Balaban J connectivity index is 1.52. The Kier molecular flexibility index (Phi) is 6.36. The predicted octanol–water partition coefficient (Wildman–Crippen LogP) is 3.32. The zero-order valence-corrected chi connectivity index (χ0v) is 15.5. The highest BCUT2D eigenvalue weighted by Crippen LogP contribution is 2.30. The molecule has 0 amide bonds. The second kappa shape index (κ2) is 9.13. The molecule has 5 nitrogen and oxygen atoms in total. The van der Waals surface area contributed by atoms with Gasteiger partial charge < -0.3 is 20.1 Å². The fourth-order valence-corrected chi connectivity index (χ4v) is 2.87. The Bertz CT molecular complexity index is 731. The lowest BCUT2D eigenvalue weighted by atomic mass is 10.0. The second-order valence-corrected chi connectivity index (χ2v) is 6.45. The molecule has 0 saturated heterocycles. The minimum Gasteiger partial charge on any atom is -0.490 e. The van der Waals surface area contributed by atoms with Gasteiger partial charge in [0.1, 0.15) is 0 Å². The molecule has 1 unspecified atom stereocenters. The summed E-state index contributed by atoms with van der Waals surface area (Å²) in [6.45, 7) is 5.12. The Morgan fingerprint density at radius 1 is 1.04 bits per heavy atom. The molecule has 3 rings (SSSR count). The third kappa shape index (κ3) is 4.91. The topological polar surface area (TPSA) is 54.9 Å². The van der Waals surface area contributed by atoms with Crippen LogP contribution in [-0.2, 0) is 6.54 Å². The number of hydrogen-bond acceptors (Lipinski definition) is 3. The van der Waals surface area contributed by atoms with E-state index in [0.29, 0.717) is 25.7 Å². The van der Waals surface area contributed by atoms with Crippen molar-refractivity contribution in [2.75, 3.05) is 26.8 Å². The molecule has 2 N–H and O–H groups in total. The third-order valence-electron chi connectivity index (χ3n) is 4.44. The molecule has 5 heteroatoms. The highest BCUT2D eigenvalue weighted by molar-refractivity contribution is 5.79. The molecule has 0 saturated carbocycles. The van der Waals surface area contributed by atoms with E-state index >= 15 is 0 Å². The third-order valence-corrected chi connectivity index (χ3v) is 4.44. The minimum absolute atomic E-state index is 0.410. The number of nitrogens with zero attached hydrogens (tertiary/aromatic N) is 1. The molecule has 2 aromatic carbocycles. The van der Waals surface area contributed by atoms with Crippen molar-refractivity contribution < 1.29 is 9.47 Å². The monoisotopic (exact) mass is 353 g/mol. The molecule has 0 fully saturated rings. The maximum Gasteiger partial charge on any atom is 0.191 e. The van der Waals surface area contributed by atoms with Crippen LogP contribution < -0.4 is 20.1 Å². The predicted molar refractivity (Wildman–Crippen MR) is 105 cm³/mol. The van der Waals surface area contributed by atoms with Crippen molar-refractivity contribution in [2.24, 2.45) is 4.99 Å². The number of rotatable bonds is 5. The van der Waals surface area contributed by atoms with Gasteiger partial charge >= 0.3 is 0 Å². The first-order chi connectivity index (χ1) is 12.8. The highest BCUT2D eigenvalue weighted by Gasteiger charge is 2.11. The van der Waals surface area contributed by atoms with E-state index in [0.717, 1.165) is 36.0 Å². The summed E-state index contributed by atoms with van der Waals surface area (Å²) in [6, 6.07) is 16.6. The van der Waals surface area contributed by atoms with Gasteiger partial charge in [-0.05, 0) is 29.2 Å². The van der Waals surface area contributed by atoms with Gasteiger partial charge in [-0.25, -0.2) is 0 Å². The van der Waals surface area contributed by atoms with Crippen molar-refractivity contribution in [2.45, 2.75) is 25.8 Å². The molecule has 0 spiro atoms. The van der Waals surface area contributed by atoms with Gasteiger partial charge in [0.2, 0.25) is 0 Å². The van der Waals surface area contributed by atoms with Crippen LogP contribution in [0, 0.1) is 0 Å². The first kappa shape index (κ1) is 18.1. The maximum absolute atomic E-state index is 5.75. The van der Waals surface area contributed by atoms with E-state index in [-0.39, 0.29) is 0 Å². The van der Waals surface area contributed by atoms with E-state index in [1.165, 1.54) is 5.56 Å². The summed E-state index contributed by atoms with van der Waals surface area (Å²) in [5, 5.41) is 6.75. The SMILES string of the molecule is CN=C(NCc1ccc2c(c1)OCCCO2)NCC(C)c1ccccc1. The van der Waals surface area contributed by atoms with E-state index < -0.39 is 0 Å². The average Bonchev–Trinajstić information content (AvgIpc) is 2.93. The molecule has 0 aromatic heterocycles. The number of hydrogen-bond donors (Lipinski definition) is 2. The van der Waals surface area contributed by atoms with Crippen molar-refractivity contribution in [3.05, 3.63) is 59.7 Å². The smallest absolute Gasteiger partial charge is 0.191 e. The molecule has 2 aromatic rings. The van der Waals surface area contributed by atoms with Gasteiger partial charge in [0.05, 0.1) is 13.2 Å². The Hall–Kier alpha value is -2.69. The summed E-state index contributed by atoms with van der Waals surface area (Å²) < 4.78 is 11.4. The van der Waals surface area contributed by atoms with Crippen LogP contribution in [0.25, 0.3) is 0 Å². The van der Waals surface area contributed by atoms with Gasteiger partial charge in [-0.2, -0.15) is 0 Å². The number of nitrogens with one attached hydrogen (secondary N) is 2. The molecular weight excluding hydrogens is 326 g/mol. The van der Waals surface area contributed by atoms with Crippen LogP contribution in [0.5, 0.6) is 11.5 Å². The molecule has 0 aliphatic carbocycles. The van der Waals surface area contributed by atoms with Crippen LogP contribution in [0.4, 0.5) is 0 Å². The number of aliphatic imine (C=N–C) groups is 1. The van der Waals surface area contributed by atoms with E-state index in [2.05, 4.69) is 52.9 Å². The summed E-state index contributed by atoms with van der Waals surface area (Å²) >= 11 is 0. The summed E-state index contributed by atoms with van der Waals surface area (Å²) in [4.78, 5) is 4.31. The van der Waals surface area contributed by atoms with Crippen LogP contribution >= 0.6 is 0 Å². The fourth-order valence-electron chi connectivity index (χ4n) is 2.87. The van der Waals surface area contributed by atoms with Gasteiger partial charge in [0.25, 0.3) is 0 Å². The summed E-state index contributed by atoms with van der Waals surface area (Å²) in [5.74, 6) is 2.85. The van der Waals surface area contributed by atoms with Crippen molar-refractivity contribution in [1.82, 2.24) is 10.6 Å². The van der Waals surface area contributed by atoms with Crippen molar-refractivity contribution in [3.8, 4) is 11.5 Å². The summed E-state index contributed by atoms with van der Waals surface area (Å²) in [7, 11) is 1.79. The Morgan fingerprint density at radius 3 is 2.58 bits per heavy atom. The van der Waals surface area contributed by atoms with Crippen LogP contribution in [0.2, 0.25) is 0 Å². The van der Waals surface area contributed by atoms with Gasteiger partial charge in [-0.15, -0.1) is 0 Å². The largest absolute Gasteiger partial charge is 0.490 e. The van der Waals surface area contributed by atoms with Crippen molar-refractivity contribution >= 4 is 5.96 Å². The number of fused-ring (bicyclic) bond motifs is 1. The molecule has 138 valence electrons. The van der Waals surface area contributed by atoms with E-state index in [1.54, 1.807) is 7.05 Å². The zero-order valence-electron chi connectivity index (χ0n) is 15.5. The molecule has 26 heavy (non-hydrogen) atoms. The van der Waals surface area contributed by atoms with Crippen LogP contribution in [0.1, 0.15) is 30.4 Å². The molecular formula is C21H27N3O2. The molecule has 0 bridgehead atoms. The number of guanidine groups is 1. The quantitative estimate of drug-likeness (QED) is 0.640. The van der Waals surface area contributed by atoms with Gasteiger partial charge in [-0.3, -0.25) is 4.99 Å². The molecule has 1 atom stereocenters. The van der Waals surface area contributed by atoms with Gasteiger partial charge in [0, 0.05) is 26.6 Å². The summed E-state index contributed by atoms with van der Waals surface area (Å²) in [6.07, 6.45) is 0.915. The lowest BCUT2D eigenvalue weighted by molar-refractivity contribution is 0.297. The minimum atomic E-state index is 0.410. The van der Waals surface area contributed by atoms with Crippen LogP contribution in [0.15, 0.2) is 53.5 Å². The average molecular weight is 353 g/mol. The fraction of sp³-hybridized carbons (Fsp3) is 0.381. The maximum atomic E-state index is 5.75. The molecule has 1 aliphatic heterocycles. The Labute approximate surface area is 155 Å². The molecule has 1 heterocycles. The molecule has 0 radical (unpaired) electrons. The second-order valence-electron chi connectivity index (χ2n) is 6.45. The highest BCUT2D eigenvalue weighted by atomic mass is 16.5. The zero-order chi connectivity index (χ0) is 18.2. The van der Waals surface area contributed by atoms with E-state index in [9.17, 15) is 0 Å². The number of benzene rings is 2. The first-order valence-corrected chi connectivity index (χ1v) is 9.14. The molecule has 1 aliphatic rings. The van der Waals surface area contributed by atoms with E-state index in [1.807, 2.05) is 18.2 Å². The standard InChI is InChI=1S/C21H27N3O2/c1-16(18-7-4-3-5-8-18)14-23-21(22-2)24-15-17-9-10-19-20(13-17)26-12-6-11-25-19/h3-5,7-10,13,16H,6,11-12,14-15H2,1-2H3,(H2,22,23,24). The number of ether oxygens (including phenoxy) is 2. The Morgan fingerprint density at radius 2 is 1.81 bits per heavy atom. The lowest BCUT2D eigenvalue weighted by Crippen LogP contribution is -2.38. The first-order valence-electron chi connectivity index (χ1n) is 9.14. The summed E-state index contributed by atoms with van der Waals surface area (Å²) in [5.41, 5.74) is 2.45. The van der Waals surface area contributed by atoms with Crippen LogP contribution in [-0.4, -0.2) is 32.8 Å². The van der Waals surface area contributed by atoms with Crippen LogP contribution in [0.3, 0.4) is 0 Å². The lowest BCUT2D eigenvalue weighted by Gasteiger charge is -2.17. The van der Waals surface area contributed by atoms with Gasteiger partial charge in [-0.1, -0.05) is 43.3 Å². The van der Waals surface area contributed by atoms with Crippen molar-refractivity contribution in [1.29, 1.82) is 0 Å².